The number of anilines is 2. The lowest BCUT2D eigenvalue weighted by Crippen LogP contribution is -2.41. The van der Waals surface area contributed by atoms with Gasteiger partial charge in [0.25, 0.3) is 0 Å². The summed E-state index contributed by atoms with van der Waals surface area (Å²) in [6.07, 6.45) is 5.91. The van der Waals surface area contributed by atoms with Crippen LogP contribution in [0.25, 0.3) is 16.7 Å². The van der Waals surface area contributed by atoms with Crippen LogP contribution in [-0.2, 0) is 14.7 Å². The van der Waals surface area contributed by atoms with E-state index >= 15 is 0 Å². The van der Waals surface area contributed by atoms with Gasteiger partial charge >= 0.3 is 7.12 Å². The smallest absolute Gasteiger partial charge is 0.399 e. The van der Waals surface area contributed by atoms with E-state index in [2.05, 4.69) is 162 Å². The van der Waals surface area contributed by atoms with Crippen molar-refractivity contribution < 1.29 is 9.31 Å². The molecule has 2 aliphatic carbocycles. The van der Waals surface area contributed by atoms with Gasteiger partial charge in [0, 0.05) is 16.8 Å². The molecule has 1 saturated heterocycles. The van der Waals surface area contributed by atoms with Crippen molar-refractivity contribution >= 4 is 29.5 Å². The summed E-state index contributed by atoms with van der Waals surface area (Å²) >= 11 is 0. The van der Waals surface area contributed by atoms with Crippen molar-refractivity contribution in [2.45, 2.75) is 70.6 Å². The van der Waals surface area contributed by atoms with Gasteiger partial charge in [-0.3, -0.25) is 0 Å². The fourth-order valence-electron chi connectivity index (χ4n) is 6.84. The molecule has 43 heavy (non-hydrogen) atoms. The van der Waals surface area contributed by atoms with E-state index < -0.39 is 0 Å². The lowest BCUT2D eigenvalue weighted by Gasteiger charge is -2.36. The standard InChI is InChI=1S/C39H40BNO2/c1-37(2)35-15-11-10-14-33(35)34-25-24-32(26-36(34)37)41(30-20-16-28(17-21-30)27-12-8-7-9-13-27)31-22-18-29(19-23-31)40-42-38(3,4)39(5,6)43-40/h7-23,25-26,32H,24H2,1-6H3. The average Bonchev–Trinajstić information content (AvgIpc) is 3.38. The Kier molecular flexibility index (Phi) is 6.57. The molecule has 3 nitrogen and oxygen atoms in total. The van der Waals surface area contributed by atoms with Gasteiger partial charge < -0.3 is 14.2 Å². The fraction of sp³-hybridized carbons (Fsp3) is 0.282. The first-order chi connectivity index (χ1) is 20.5. The summed E-state index contributed by atoms with van der Waals surface area (Å²) in [6.45, 7) is 13.1. The van der Waals surface area contributed by atoms with Crippen molar-refractivity contribution in [2.24, 2.45) is 0 Å². The lowest BCUT2D eigenvalue weighted by atomic mass is 9.78. The molecule has 0 saturated carbocycles. The first-order valence-corrected chi connectivity index (χ1v) is 15.5. The Morgan fingerprint density at radius 1 is 0.651 bits per heavy atom. The van der Waals surface area contributed by atoms with Gasteiger partial charge in [-0.05, 0) is 97.2 Å². The number of rotatable bonds is 5. The van der Waals surface area contributed by atoms with Gasteiger partial charge in [0.2, 0.25) is 0 Å². The topological polar surface area (TPSA) is 21.7 Å². The summed E-state index contributed by atoms with van der Waals surface area (Å²) in [4.78, 5) is 2.49. The second-order valence-electron chi connectivity index (χ2n) is 13.6. The quantitative estimate of drug-likeness (QED) is 0.226. The Bertz CT molecular complexity index is 1700. The van der Waals surface area contributed by atoms with E-state index in [-0.39, 0.29) is 29.8 Å². The Balaban J connectivity index is 1.26. The molecule has 3 aliphatic rings. The Morgan fingerprint density at radius 3 is 1.86 bits per heavy atom. The third-order valence-corrected chi connectivity index (χ3v) is 10.1. The van der Waals surface area contributed by atoms with Crippen LogP contribution < -0.4 is 10.4 Å². The fourth-order valence-corrected chi connectivity index (χ4v) is 6.84. The third-order valence-electron chi connectivity index (χ3n) is 10.1. The minimum atomic E-state index is -0.377. The van der Waals surface area contributed by atoms with Crippen molar-refractivity contribution in [3.63, 3.8) is 0 Å². The molecule has 4 heteroatoms. The number of allylic oxidation sites excluding steroid dienone is 2. The minimum Gasteiger partial charge on any atom is -0.399 e. The SMILES string of the molecule is CC1(C)C2=CC(N(c3ccc(B4OC(C)(C)C(C)(C)O4)cc3)c3ccc(-c4ccccc4)cc3)CC=C2c2ccccc21. The number of benzene rings is 4. The van der Waals surface area contributed by atoms with E-state index in [0.717, 1.165) is 17.6 Å². The summed E-state index contributed by atoms with van der Waals surface area (Å²) in [6, 6.07) is 37.4. The van der Waals surface area contributed by atoms with Crippen LogP contribution in [0.5, 0.6) is 0 Å². The average molecular weight is 566 g/mol. The molecule has 216 valence electrons. The highest BCUT2D eigenvalue weighted by Crippen LogP contribution is 2.52. The van der Waals surface area contributed by atoms with E-state index in [1.165, 1.54) is 39.1 Å². The number of hydrogen-bond acceptors (Lipinski definition) is 3. The third kappa shape index (κ3) is 4.68. The molecule has 1 unspecified atom stereocenters. The first-order valence-electron chi connectivity index (χ1n) is 15.5. The highest BCUT2D eigenvalue weighted by molar-refractivity contribution is 6.62. The van der Waals surface area contributed by atoms with Crippen LogP contribution in [0, 0.1) is 0 Å². The zero-order valence-electron chi connectivity index (χ0n) is 26.1. The van der Waals surface area contributed by atoms with E-state index in [0.29, 0.717) is 0 Å². The van der Waals surface area contributed by atoms with Crippen molar-refractivity contribution in [3.8, 4) is 11.1 Å². The molecule has 7 rings (SSSR count). The molecule has 0 bridgehead atoms. The second kappa shape index (κ2) is 10.1. The van der Waals surface area contributed by atoms with Gasteiger partial charge in [0.1, 0.15) is 0 Å². The van der Waals surface area contributed by atoms with Crippen LogP contribution in [0.1, 0.15) is 59.1 Å². The summed E-state index contributed by atoms with van der Waals surface area (Å²) in [7, 11) is -0.377. The molecule has 1 heterocycles. The Morgan fingerprint density at radius 2 is 1.21 bits per heavy atom. The van der Waals surface area contributed by atoms with Crippen LogP contribution in [0.15, 0.2) is 121 Å². The van der Waals surface area contributed by atoms with Crippen LogP contribution in [-0.4, -0.2) is 24.4 Å². The van der Waals surface area contributed by atoms with Gasteiger partial charge in [-0.2, -0.15) is 0 Å². The zero-order chi connectivity index (χ0) is 30.0. The van der Waals surface area contributed by atoms with E-state index in [1.807, 2.05) is 0 Å². The Labute approximate surface area is 257 Å². The molecule has 0 N–H and O–H groups in total. The summed E-state index contributed by atoms with van der Waals surface area (Å²) in [5.41, 5.74) is 10.7. The molecular weight excluding hydrogens is 525 g/mol. The van der Waals surface area contributed by atoms with Crippen molar-refractivity contribution in [2.75, 3.05) is 4.90 Å². The molecule has 0 spiro atoms. The van der Waals surface area contributed by atoms with E-state index in [1.54, 1.807) is 0 Å². The van der Waals surface area contributed by atoms with Gasteiger partial charge in [-0.15, -0.1) is 0 Å². The molecule has 0 amide bonds. The maximum Gasteiger partial charge on any atom is 0.494 e. The molecule has 4 aromatic carbocycles. The first kappa shape index (κ1) is 27.9. The largest absolute Gasteiger partial charge is 0.494 e. The number of fused-ring (bicyclic) bond motifs is 3. The predicted molar refractivity (Wildman–Crippen MR) is 180 cm³/mol. The molecular formula is C39H40BNO2. The van der Waals surface area contributed by atoms with Crippen LogP contribution in [0.3, 0.4) is 0 Å². The predicted octanol–water partition coefficient (Wildman–Crippen LogP) is 8.86. The summed E-state index contributed by atoms with van der Waals surface area (Å²) in [5.74, 6) is 0. The Hall–Kier alpha value is -3.86. The van der Waals surface area contributed by atoms with Crippen molar-refractivity contribution in [3.05, 3.63) is 132 Å². The highest BCUT2D eigenvalue weighted by atomic mass is 16.7. The van der Waals surface area contributed by atoms with Gasteiger partial charge in [0.05, 0.1) is 17.2 Å². The van der Waals surface area contributed by atoms with Crippen molar-refractivity contribution in [1.82, 2.24) is 0 Å². The van der Waals surface area contributed by atoms with Gasteiger partial charge in [0.15, 0.2) is 0 Å². The monoisotopic (exact) mass is 565 g/mol. The molecule has 4 aromatic rings. The number of hydrogen-bond donors (Lipinski definition) is 0. The van der Waals surface area contributed by atoms with Crippen LogP contribution >= 0.6 is 0 Å². The summed E-state index contributed by atoms with van der Waals surface area (Å²) < 4.78 is 12.7. The molecule has 1 atom stereocenters. The number of nitrogens with zero attached hydrogens (tertiary/aromatic N) is 1. The van der Waals surface area contributed by atoms with Crippen LogP contribution in [0.4, 0.5) is 11.4 Å². The molecule has 1 aliphatic heterocycles. The molecule has 0 aromatic heterocycles. The minimum absolute atomic E-state index is 0.0372. The normalized spacial score (nSPS) is 21.1. The second-order valence-corrected chi connectivity index (χ2v) is 13.6. The van der Waals surface area contributed by atoms with Crippen molar-refractivity contribution in [1.29, 1.82) is 0 Å². The maximum absolute atomic E-state index is 6.35. The van der Waals surface area contributed by atoms with Crippen LogP contribution in [0.2, 0.25) is 0 Å². The molecule has 0 radical (unpaired) electrons. The maximum atomic E-state index is 6.35. The van der Waals surface area contributed by atoms with E-state index in [9.17, 15) is 0 Å². The summed E-state index contributed by atoms with van der Waals surface area (Å²) in [5, 5.41) is 0. The van der Waals surface area contributed by atoms with Gasteiger partial charge in [-0.25, -0.2) is 0 Å². The van der Waals surface area contributed by atoms with E-state index in [4.69, 9.17) is 9.31 Å². The molecule has 1 fully saturated rings. The lowest BCUT2D eigenvalue weighted by molar-refractivity contribution is 0.00578. The van der Waals surface area contributed by atoms with Gasteiger partial charge in [-0.1, -0.05) is 105 Å². The highest BCUT2D eigenvalue weighted by Gasteiger charge is 2.51. The zero-order valence-corrected chi connectivity index (χ0v) is 26.1.